The summed E-state index contributed by atoms with van der Waals surface area (Å²) in [7, 11) is 0. The van der Waals surface area contributed by atoms with Gasteiger partial charge in [0.2, 0.25) is 0 Å². The third kappa shape index (κ3) is 4.04. The van der Waals surface area contributed by atoms with Crippen molar-refractivity contribution in [1.82, 2.24) is 0 Å². The molecule has 2 atom stereocenters. The monoisotopic (exact) mass is 326 g/mol. The van der Waals surface area contributed by atoms with Gasteiger partial charge in [-0.25, -0.2) is 0 Å². The quantitative estimate of drug-likeness (QED) is 0.839. The Bertz CT molecular complexity index is 401. The van der Waals surface area contributed by atoms with Crippen LogP contribution in [0.15, 0.2) is 28.7 Å². The average Bonchev–Trinajstić information content (AvgIpc) is 2.92. The maximum absolute atomic E-state index is 10.8. The third-order valence-corrected chi connectivity index (χ3v) is 4.58. The largest absolute Gasteiger partial charge is 0.385 e. The summed E-state index contributed by atoms with van der Waals surface area (Å²) in [4.78, 5) is 0. The average molecular weight is 327 g/mol. The van der Waals surface area contributed by atoms with Crippen LogP contribution in [-0.4, -0.2) is 17.8 Å². The normalized spacial score (nSPS) is 22.4. The molecule has 2 rings (SSSR count). The van der Waals surface area contributed by atoms with Crippen LogP contribution < -0.4 is 0 Å². The van der Waals surface area contributed by atoms with Crippen LogP contribution in [0.1, 0.15) is 51.0 Å². The summed E-state index contributed by atoms with van der Waals surface area (Å²) in [6.45, 7) is 2.96. The van der Waals surface area contributed by atoms with E-state index in [9.17, 15) is 5.11 Å². The highest BCUT2D eigenvalue weighted by molar-refractivity contribution is 9.10. The van der Waals surface area contributed by atoms with Gasteiger partial charge in [0.05, 0.1) is 11.7 Å². The second-order valence-corrected chi connectivity index (χ2v) is 6.34. The number of halogens is 1. The van der Waals surface area contributed by atoms with Crippen LogP contribution in [0.5, 0.6) is 0 Å². The van der Waals surface area contributed by atoms with Gasteiger partial charge in [-0.2, -0.15) is 0 Å². The molecule has 1 N–H and O–H groups in total. The first-order chi connectivity index (χ1) is 9.14. The molecule has 1 aliphatic heterocycles. The molecule has 2 nitrogen and oxygen atoms in total. The van der Waals surface area contributed by atoms with E-state index in [1.165, 1.54) is 12.8 Å². The van der Waals surface area contributed by atoms with E-state index < -0.39 is 5.60 Å². The summed E-state index contributed by atoms with van der Waals surface area (Å²) in [5.41, 5.74) is 0.305. The molecule has 3 heteroatoms. The van der Waals surface area contributed by atoms with Crippen LogP contribution in [0.2, 0.25) is 0 Å². The van der Waals surface area contributed by atoms with Gasteiger partial charge in [-0.05, 0) is 56.2 Å². The molecule has 1 aliphatic rings. The molecule has 1 heterocycles. The van der Waals surface area contributed by atoms with E-state index in [-0.39, 0.29) is 0 Å². The molecule has 0 aliphatic carbocycles. The van der Waals surface area contributed by atoms with Crippen LogP contribution >= 0.6 is 15.9 Å². The Hall–Kier alpha value is -0.380. The van der Waals surface area contributed by atoms with Crippen molar-refractivity contribution < 1.29 is 9.84 Å². The van der Waals surface area contributed by atoms with Gasteiger partial charge in [-0.1, -0.05) is 35.0 Å². The van der Waals surface area contributed by atoms with E-state index in [4.69, 9.17) is 4.74 Å². The standard InChI is InChI=1S/C16H23BrO2/c1-2-16(18,13-6-3-7-14(17)12-13)10-4-8-15-9-5-11-19-15/h3,6-7,12,15,18H,2,4-5,8-11H2,1H3. The molecule has 1 saturated heterocycles. The minimum Gasteiger partial charge on any atom is -0.385 e. The third-order valence-electron chi connectivity index (χ3n) is 4.09. The number of rotatable bonds is 6. The zero-order valence-corrected chi connectivity index (χ0v) is 13.2. The lowest BCUT2D eigenvalue weighted by Gasteiger charge is -2.28. The highest BCUT2D eigenvalue weighted by Crippen LogP contribution is 2.33. The lowest BCUT2D eigenvalue weighted by Crippen LogP contribution is -2.25. The van der Waals surface area contributed by atoms with E-state index in [2.05, 4.69) is 15.9 Å². The van der Waals surface area contributed by atoms with Gasteiger partial charge in [0.15, 0.2) is 0 Å². The molecule has 0 amide bonds. The van der Waals surface area contributed by atoms with Crippen molar-refractivity contribution in [2.24, 2.45) is 0 Å². The summed E-state index contributed by atoms with van der Waals surface area (Å²) in [6.07, 6.45) is 6.42. The summed E-state index contributed by atoms with van der Waals surface area (Å²) >= 11 is 3.47. The molecule has 0 aromatic heterocycles. The zero-order chi connectivity index (χ0) is 13.7. The molecular weight excluding hydrogens is 304 g/mol. The van der Waals surface area contributed by atoms with Crippen molar-refractivity contribution in [1.29, 1.82) is 0 Å². The van der Waals surface area contributed by atoms with Gasteiger partial charge in [0.25, 0.3) is 0 Å². The molecule has 19 heavy (non-hydrogen) atoms. The van der Waals surface area contributed by atoms with Gasteiger partial charge in [-0.3, -0.25) is 0 Å². The summed E-state index contributed by atoms with van der Waals surface area (Å²) in [5, 5.41) is 10.8. The molecule has 106 valence electrons. The van der Waals surface area contributed by atoms with Crippen LogP contribution in [0.3, 0.4) is 0 Å². The van der Waals surface area contributed by atoms with Crippen molar-refractivity contribution in [2.75, 3.05) is 6.61 Å². The van der Waals surface area contributed by atoms with Crippen LogP contribution in [0.25, 0.3) is 0 Å². The summed E-state index contributed by atoms with van der Waals surface area (Å²) < 4.78 is 6.66. The zero-order valence-electron chi connectivity index (χ0n) is 11.6. The minimum atomic E-state index is -0.706. The molecule has 1 fully saturated rings. The Morgan fingerprint density at radius 2 is 2.32 bits per heavy atom. The Kier molecular flexibility index (Phi) is 5.43. The van der Waals surface area contributed by atoms with E-state index in [1.807, 2.05) is 31.2 Å². The Morgan fingerprint density at radius 3 is 2.95 bits per heavy atom. The highest BCUT2D eigenvalue weighted by atomic mass is 79.9. The molecular formula is C16H23BrO2. The second kappa shape index (κ2) is 6.87. The summed E-state index contributed by atoms with van der Waals surface area (Å²) in [5.74, 6) is 0. The predicted octanol–water partition coefficient (Wildman–Crippen LogP) is 4.40. The van der Waals surface area contributed by atoms with Crippen LogP contribution in [-0.2, 0) is 10.3 Å². The lowest BCUT2D eigenvalue weighted by atomic mass is 9.86. The van der Waals surface area contributed by atoms with Gasteiger partial charge < -0.3 is 9.84 Å². The Labute approximate surface area is 124 Å². The van der Waals surface area contributed by atoms with E-state index in [1.54, 1.807) is 0 Å². The molecule has 2 unspecified atom stereocenters. The van der Waals surface area contributed by atoms with Gasteiger partial charge >= 0.3 is 0 Å². The Balaban J connectivity index is 1.93. The number of aliphatic hydroxyl groups is 1. The van der Waals surface area contributed by atoms with Crippen LogP contribution in [0.4, 0.5) is 0 Å². The molecule has 0 spiro atoms. The number of hydrogen-bond donors (Lipinski definition) is 1. The predicted molar refractivity (Wildman–Crippen MR) is 81.2 cm³/mol. The van der Waals surface area contributed by atoms with Gasteiger partial charge in [0, 0.05) is 11.1 Å². The fourth-order valence-electron chi connectivity index (χ4n) is 2.80. The van der Waals surface area contributed by atoms with Crippen LogP contribution in [0, 0.1) is 0 Å². The molecule has 0 saturated carbocycles. The molecule has 1 aromatic carbocycles. The fourth-order valence-corrected chi connectivity index (χ4v) is 3.20. The maximum atomic E-state index is 10.8. The van der Waals surface area contributed by atoms with Gasteiger partial charge in [-0.15, -0.1) is 0 Å². The van der Waals surface area contributed by atoms with E-state index in [0.717, 1.165) is 42.3 Å². The highest BCUT2D eigenvalue weighted by Gasteiger charge is 2.27. The second-order valence-electron chi connectivity index (χ2n) is 5.42. The van der Waals surface area contributed by atoms with Crippen molar-refractivity contribution in [3.05, 3.63) is 34.3 Å². The van der Waals surface area contributed by atoms with Gasteiger partial charge in [0.1, 0.15) is 0 Å². The summed E-state index contributed by atoms with van der Waals surface area (Å²) in [6, 6.07) is 8.02. The van der Waals surface area contributed by atoms with Crippen molar-refractivity contribution >= 4 is 15.9 Å². The van der Waals surface area contributed by atoms with Crippen molar-refractivity contribution in [2.45, 2.75) is 57.2 Å². The van der Waals surface area contributed by atoms with Crippen molar-refractivity contribution in [3.8, 4) is 0 Å². The number of hydrogen-bond acceptors (Lipinski definition) is 2. The fraction of sp³-hybridized carbons (Fsp3) is 0.625. The molecule has 0 bridgehead atoms. The van der Waals surface area contributed by atoms with E-state index in [0.29, 0.717) is 6.10 Å². The van der Waals surface area contributed by atoms with E-state index >= 15 is 0 Å². The molecule has 0 radical (unpaired) electrons. The van der Waals surface area contributed by atoms with Crippen molar-refractivity contribution in [3.63, 3.8) is 0 Å². The maximum Gasteiger partial charge on any atom is 0.0894 e. The first-order valence-electron chi connectivity index (χ1n) is 7.24. The number of benzene rings is 1. The smallest absolute Gasteiger partial charge is 0.0894 e. The lowest BCUT2D eigenvalue weighted by molar-refractivity contribution is 0.0154. The first-order valence-corrected chi connectivity index (χ1v) is 8.03. The first kappa shape index (κ1) is 15.0. The molecule has 1 aromatic rings. The topological polar surface area (TPSA) is 29.5 Å². The Morgan fingerprint density at radius 1 is 1.47 bits per heavy atom. The number of ether oxygens (including phenoxy) is 1. The minimum absolute atomic E-state index is 0.420. The SMILES string of the molecule is CCC(O)(CCCC1CCCO1)c1cccc(Br)c1.